The van der Waals surface area contributed by atoms with Crippen LogP contribution in [0.3, 0.4) is 0 Å². The van der Waals surface area contributed by atoms with Crippen LogP contribution < -0.4 is 0 Å². The fourth-order valence-corrected chi connectivity index (χ4v) is 3.16. The van der Waals surface area contributed by atoms with Crippen LogP contribution in [0, 0.1) is 0 Å². The quantitative estimate of drug-likeness (QED) is 0.444. The van der Waals surface area contributed by atoms with Gasteiger partial charge in [0.1, 0.15) is 12.7 Å². The Morgan fingerprint density at radius 2 is 1.52 bits per heavy atom. The van der Waals surface area contributed by atoms with Crippen molar-refractivity contribution in [3.05, 3.63) is 12.2 Å². The molecule has 0 bridgehead atoms. The van der Waals surface area contributed by atoms with Gasteiger partial charge in [-0.25, -0.2) is 9.59 Å². The lowest BCUT2D eigenvalue weighted by Gasteiger charge is -2.26. The van der Waals surface area contributed by atoms with Crippen molar-refractivity contribution >= 4 is 11.9 Å². The highest BCUT2D eigenvalue weighted by Gasteiger charge is 2.17. The van der Waals surface area contributed by atoms with E-state index in [0.717, 1.165) is 57.7 Å². The molecule has 2 rings (SSSR count). The number of carbonyl (C=O) groups excluding carboxylic acids is 2. The number of morpholine rings is 1. The monoisotopic (exact) mass is 353 g/mol. The van der Waals surface area contributed by atoms with Crippen LogP contribution in [0.5, 0.6) is 0 Å². The molecule has 2 heterocycles. The molecule has 1 fully saturated rings. The average molecular weight is 353 g/mol. The van der Waals surface area contributed by atoms with E-state index in [1.54, 1.807) is 0 Å². The van der Waals surface area contributed by atoms with E-state index >= 15 is 0 Å². The maximum absolute atomic E-state index is 11.4. The predicted molar refractivity (Wildman–Crippen MR) is 94.2 cm³/mol. The molecule has 0 saturated carbocycles. The smallest absolute Gasteiger partial charge is 0.331 e. The Balaban J connectivity index is 1.42. The summed E-state index contributed by atoms with van der Waals surface area (Å²) in [5.74, 6) is -0.930. The summed E-state index contributed by atoms with van der Waals surface area (Å²) in [6, 6.07) is 0. The van der Waals surface area contributed by atoms with Crippen molar-refractivity contribution in [3.63, 3.8) is 0 Å². The molecule has 1 atom stereocenters. The molecule has 0 amide bonds. The Hall–Kier alpha value is -1.40. The Morgan fingerprint density at radius 1 is 0.880 bits per heavy atom. The number of nitrogens with zero attached hydrogens (tertiary/aromatic N) is 1. The van der Waals surface area contributed by atoms with Gasteiger partial charge >= 0.3 is 11.9 Å². The number of cyclic esters (lactones) is 2. The van der Waals surface area contributed by atoms with Crippen LogP contribution in [0.15, 0.2) is 12.2 Å². The van der Waals surface area contributed by atoms with E-state index in [2.05, 4.69) is 4.90 Å². The lowest BCUT2D eigenvalue weighted by molar-refractivity contribution is -0.155. The summed E-state index contributed by atoms with van der Waals surface area (Å²) >= 11 is 0. The van der Waals surface area contributed by atoms with Gasteiger partial charge in [-0.05, 0) is 25.8 Å². The normalized spacial score (nSPS) is 23.4. The second-order valence-corrected chi connectivity index (χ2v) is 6.74. The molecule has 142 valence electrons. The first-order chi connectivity index (χ1) is 12.2. The van der Waals surface area contributed by atoms with Gasteiger partial charge in [-0.15, -0.1) is 0 Å². The molecule has 1 saturated heterocycles. The SMILES string of the molecule is O=C1/C=C\C(=O)OC(CCCCCCCCCN2CCOCC2)CO1. The third-order valence-electron chi connectivity index (χ3n) is 4.65. The molecular formula is C19H31NO5. The molecular weight excluding hydrogens is 322 g/mol. The molecule has 0 spiro atoms. The van der Waals surface area contributed by atoms with Crippen molar-refractivity contribution in [2.75, 3.05) is 39.5 Å². The summed E-state index contributed by atoms with van der Waals surface area (Å²) in [6.07, 6.45) is 11.1. The van der Waals surface area contributed by atoms with Gasteiger partial charge in [-0.1, -0.05) is 32.1 Å². The highest BCUT2D eigenvalue weighted by atomic mass is 16.6. The first kappa shape index (κ1) is 19.9. The van der Waals surface area contributed by atoms with Crippen LogP contribution in [0.1, 0.15) is 51.4 Å². The minimum absolute atomic E-state index is 0.163. The van der Waals surface area contributed by atoms with E-state index in [1.807, 2.05) is 0 Å². The second kappa shape index (κ2) is 12.0. The second-order valence-electron chi connectivity index (χ2n) is 6.74. The Kier molecular flexibility index (Phi) is 9.59. The van der Waals surface area contributed by atoms with Gasteiger partial charge in [0, 0.05) is 25.2 Å². The maximum Gasteiger partial charge on any atom is 0.331 e. The number of hydrogen-bond acceptors (Lipinski definition) is 6. The van der Waals surface area contributed by atoms with Crippen molar-refractivity contribution in [1.29, 1.82) is 0 Å². The minimum atomic E-state index is -0.473. The van der Waals surface area contributed by atoms with E-state index in [9.17, 15) is 9.59 Å². The number of esters is 2. The molecule has 6 heteroatoms. The Morgan fingerprint density at radius 3 is 2.28 bits per heavy atom. The molecule has 0 aromatic carbocycles. The molecule has 6 nitrogen and oxygen atoms in total. The minimum Gasteiger partial charge on any atom is -0.459 e. The standard InChI is InChI=1S/C19H31NO5/c21-18-9-10-19(22)25-17(16-24-18)8-6-4-2-1-3-5-7-11-20-12-14-23-15-13-20/h9-10,17H,1-8,11-16H2/b10-9-. The number of ether oxygens (including phenoxy) is 3. The lowest BCUT2D eigenvalue weighted by Crippen LogP contribution is -2.36. The average Bonchev–Trinajstić information content (AvgIpc) is 2.62. The Labute approximate surface area is 150 Å². The van der Waals surface area contributed by atoms with Crippen molar-refractivity contribution in [2.45, 2.75) is 57.5 Å². The lowest BCUT2D eigenvalue weighted by atomic mass is 10.1. The van der Waals surface area contributed by atoms with Gasteiger partial charge < -0.3 is 14.2 Å². The molecule has 0 N–H and O–H groups in total. The van der Waals surface area contributed by atoms with Gasteiger partial charge in [-0.2, -0.15) is 0 Å². The molecule has 0 aromatic heterocycles. The largest absolute Gasteiger partial charge is 0.459 e. The summed E-state index contributed by atoms with van der Waals surface area (Å²) in [4.78, 5) is 25.1. The summed E-state index contributed by atoms with van der Waals surface area (Å²) in [6.45, 7) is 5.28. The van der Waals surface area contributed by atoms with Crippen LogP contribution in [0.2, 0.25) is 0 Å². The van der Waals surface area contributed by atoms with E-state index in [-0.39, 0.29) is 12.7 Å². The van der Waals surface area contributed by atoms with E-state index < -0.39 is 11.9 Å². The summed E-state index contributed by atoms with van der Waals surface area (Å²) in [5.41, 5.74) is 0. The molecule has 0 radical (unpaired) electrons. The Bertz CT molecular complexity index is 432. The third-order valence-corrected chi connectivity index (χ3v) is 4.65. The third kappa shape index (κ3) is 9.02. The van der Waals surface area contributed by atoms with Crippen LogP contribution in [-0.2, 0) is 23.8 Å². The van der Waals surface area contributed by atoms with E-state index in [4.69, 9.17) is 14.2 Å². The number of hydrogen-bond donors (Lipinski definition) is 0. The van der Waals surface area contributed by atoms with Crippen molar-refractivity contribution in [1.82, 2.24) is 4.90 Å². The van der Waals surface area contributed by atoms with Crippen LogP contribution in [-0.4, -0.2) is 62.4 Å². The zero-order valence-corrected chi connectivity index (χ0v) is 15.1. The number of rotatable bonds is 10. The fourth-order valence-electron chi connectivity index (χ4n) is 3.16. The van der Waals surface area contributed by atoms with Crippen molar-refractivity contribution in [3.8, 4) is 0 Å². The first-order valence-corrected chi connectivity index (χ1v) is 9.59. The van der Waals surface area contributed by atoms with Crippen LogP contribution >= 0.6 is 0 Å². The van der Waals surface area contributed by atoms with Crippen molar-refractivity contribution in [2.24, 2.45) is 0 Å². The predicted octanol–water partition coefficient (Wildman–Crippen LogP) is 2.46. The van der Waals surface area contributed by atoms with Crippen LogP contribution in [0.4, 0.5) is 0 Å². The number of unbranched alkanes of at least 4 members (excludes halogenated alkanes) is 6. The van der Waals surface area contributed by atoms with Gasteiger partial charge in [0.25, 0.3) is 0 Å². The summed E-state index contributed by atoms with van der Waals surface area (Å²) < 4.78 is 15.6. The van der Waals surface area contributed by atoms with E-state index in [1.165, 1.54) is 38.6 Å². The van der Waals surface area contributed by atoms with Crippen molar-refractivity contribution < 1.29 is 23.8 Å². The summed E-state index contributed by atoms with van der Waals surface area (Å²) in [5, 5.41) is 0. The highest BCUT2D eigenvalue weighted by molar-refractivity contribution is 5.92. The zero-order valence-electron chi connectivity index (χ0n) is 15.1. The topological polar surface area (TPSA) is 65.1 Å². The molecule has 2 aliphatic rings. The molecule has 0 aliphatic carbocycles. The fraction of sp³-hybridized carbons (Fsp3) is 0.789. The van der Waals surface area contributed by atoms with Gasteiger partial charge in [0.15, 0.2) is 0 Å². The van der Waals surface area contributed by atoms with Crippen LogP contribution in [0.25, 0.3) is 0 Å². The molecule has 25 heavy (non-hydrogen) atoms. The zero-order chi connectivity index (χ0) is 17.7. The molecule has 2 aliphatic heterocycles. The van der Waals surface area contributed by atoms with Gasteiger partial charge in [0.05, 0.1) is 13.2 Å². The van der Waals surface area contributed by atoms with Gasteiger partial charge in [0.2, 0.25) is 0 Å². The van der Waals surface area contributed by atoms with E-state index in [0.29, 0.717) is 0 Å². The molecule has 1 unspecified atom stereocenters. The highest BCUT2D eigenvalue weighted by Crippen LogP contribution is 2.13. The maximum atomic E-state index is 11.4. The molecule has 0 aromatic rings. The first-order valence-electron chi connectivity index (χ1n) is 9.59. The number of carbonyl (C=O) groups is 2. The summed E-state index contributed by atoms with van der Waals surface area (Å²) in [7, 11) is 0. The van der Waals surface area contributed by atoms with Gasteiger partial charge in [-0.3, -0.25) is 4.90 Å².